The van der Waals surface area contributed by atoms with Crippen LogP contribution in [0.3, 0.4) is 0 Å². The monoisotopic (exact) mass is 341 g/mol. The van der Waals surface area contributed by atoms with E-state index in [4.69, 9.17) is 27.6 Å². The van der Waals surface area contributed by atoms with Crippen molar-refractivity contribution in [3.05, 3.63) is 58.0 Å². The number of amides is 1. The summed E-state index contributed by atoms with van der Waals surface area (Å²) in [6, 6.07) is 9.24. The Labute approximate surface area is 139 Å². The molecule has 1 amide bonds. The van der Waals surface area contributed by atoms with Gasteiger partial charge in [0.15, 0.2) is 12.3 Å². The summed E-state index contributed by atoms with van der Waals surface area (Å²) in [6.07, 6.45) is 2.31. The summed E-state index contributed by atoms with van der Waals surface area (Å²) in [4.78, 5) is 11.8. The lowest BCUT2D eigenvalue weighted by atomic mass is 10.1. The number of hydrogen-bond donors (Lipinski definition) is 2. The van der Waals surface area contributed by atoms with Crippen LogP contribution < -0.4 is 10.6 Å². The summed E-state index contributed by atoms with van der Waals surface area (Å²) >= 11 is 11.9. The van der Waals surface area contributed by atoms with Crippen LogP contribution >= 0.6 is 23.2 Å². The largest absolute Gasteiger partial charge is 0.463 e. The number of benzene rings is 1. The molecule has 0 saturated heterocycles. The van der Waals surface area contributed by atoms with Gasteiger partial charge in [-0.2, -0.15) is 0 Å². The van der Waals surface area contributed by atoms with E-state index in [-0.39, 0.29) is 11.9 Å². The lowest BCUT2D eigenvalue weighted by Crippen LogP contribution is -2.87. The zero-order valence-electron chi connectivity index (χ0n) is 12.3. The molecule has 0 bridgehead atoms. The minimum atomic E-state index is -0.0107. The van der Waals surface area contributed by atoms with Crippen molar-refractivity contribution in [2.75, 3.05) is 13.1 Å². The van der Waals surface area contributed by atoms with Gasteiger partial charge in [0.1, 0.15) is 6.04 Å². The predicted octanol–water partition coefficient (Wildman–Crippen LogP) is 2.57. The molecule has 0 aliphatic carbocycles. The number of nitrogens with two attached hydrogens (primary N) is 1. The van der Waals surface area contributed by atoms with Crippen LogP contribution in [0.4, 0.5) is 0 Å². The van der Waals surface area contributed by atoms with Crippen molar-refractivity contribution in [3.8, 4) is 0 Å². The number of furan rings is 1. The highest BCUT2D eigenvalue weighted by atomic mass is 35.5. The Morgan fingerprint density at radius 1 is 1.36 bits per heavy atom. The van der Waals surface area contributed by atoms with E-state index in [9.17, 15) is 4.79 Å². The summed E-state index contributed by atoms with van der Waals surface area (Å²) < 4.78 is 5.30. The second-order valence-corrected chi connectivity index (χ2v) is 5.92. The van der Waals surface area contributed by atoms with Crippen molar-refractivity contribution in [1.29, 1.82) is 0 Å². The Kier molecular flexibility index (Phi) is 6.31. The number of carbonyl (C=O) groups excluding carboxylic acids is 1. The third-order valence-electron chi connectivity index (χ3n) is 3.38. The highest BCUT2D eigenvalue weighted by Crippen LogP contribution is 2.20. The van der Waals surface area contributed by atoms with Gasteiger partial charge < -0.3 is 15.1 Å². The normalized spacial score (nSPS) is 12.1. The Balaban J connectivity index is 1.69. The first-order chi connectivity index (χ1) is 10.6. The van der Waals surface area contributed by atoms with E-state index >= 15 is 0 Å². The fourth-order valence-electron chi connectivity index (χ4n) is 2.08. The number of quaternary nitrogens is 1. The zero-order chi connectivity index (χ0) is 15.9. The minimum Gasteiger partial charge on any atom is -0.463 e. The number of halogens is 2. The molecule has 4 nitrogen and oxygen atoms in total. The SMILES string of the molecule is C[C@H]([NH2+]CC(=O)NCCc1ccc(Cl)cc1Cl)c1ccco1. The molecule has 0 fully saturated rings. The van der Waals surface area contributed by atoms with Crippen LogP contribution in [0.25, 0.3) is 0 Å². The van der Waals surface area contributed by atoms with Crippen LogP contribution in [0.5, 0.6) is 0 Å². The number of carbonyl (C=O) groups is 1. The molecule has 3 N–H and O–H groups in total. The molecule has 0 saturated carbocycles. The second-order valence-electron chi connectivity index (χ2n) is 5.08. The van der Waals surface area contributed by atoms with Crippen LogP contribution in [0.1, 0.15) is 24.3 Å². The second kappa shape index (κ2) is 8.22. The first-order valence-electron chi connectivity index (χ1n) is 7.13. The van der Waals surface area contributed by atoms with E-state index in [0.717, 1.165) is 11.3 Å². The van der Waals surface area contributed by atoms with Crippen molar-refractivity contribution in [1.82, 2.24) is 5.32 Å². The molecule has 1 aromatic carbocycles. The van der Waals surface area contributed by atoms with E-state index in [1.54, 1.807) is 18.4 Å². The van der Waals surface area contributed by atoms with E-state index in [1.807, 2.05) is 30.4 Å². The van der Waals surface area contributed by atoms with Gasteiger partial charge in [0.2, 0.25) is 0 Å². The fraction of sp³-hybridized carbons (Fsp3) is 0.312. The number of hydrogen-bond acceptors (Lipinski definition) is 2. The molecule has 1 aromatic heterocycles. The van der Waals surface area contributed by atoms with Crippen molar-refractivity contribution < 1.29 is 14.5 Å². The van der Waals surface area contributed by atoms with Crippen LogP contribution in [-0.2, 0) is 11.2 Å². The molecule has 1 atom stereocenters. The van der Waals surface area contributed by atoms with Gasteiger partial charge in [-0.05, 0) is 43.2 Å². The maximum Gasteiger partial charge on any atom is 0.275 e. The highest BCUT2D eigenvalue weighted by Gasteiger charge is 2.13. The molecular formula is C16H19Cl2N2O2+. The van der Waals surface area contributed by atoms with Gasteiger partial charge in [0.05, 0.1) is 6.26 Å². The Morgan fingerprint density at radius 3 is 2.86 bits per heavy atom. The smallest absolute Gasteiger partial charge is 0.275 e. The van der Waals surface area contributed by atoms with Crippen LogP contribution in [0.15, 0.2) is 41.0 Å². The molecule has 0 unspecified atom stereocenters. The van der Waals surface area contributed by atoms with Gasteiger partial charge in [0, 0.05) is 16.6 Å². The molecule has 2 rings (SSSR count). The first kappa shape index (κ1) is 16.9. The van der Waals surface area contributed by atoms with Crippen LogP contribution in [-0.4, -0.2) is 19.0 Å². The standard InChI is InChI=1S/C16H18Cl2N2O2/c1-11(15-3-2-8-22-15)20-10-16(21)19-7-6-12-4-5-13(17)9-14(12)18/h2-5,8-9,11,20H,6-7,10H2,1H3,(H,19,21)/p+1/t11-/m0/s1. The Hall–Kier alpha value is -1.49. The molecule has 118 valence electrons. The third kappa shape index (κ3) is 5.05. The first-order valence-corrected chi connectivity index (χ1v) is 7.89. The summed E-state index contributed by atoms with van der Waals surface area (Å²) in [7, 11) is 0. The molecule has 0 radical (unpaired) electrons. The molecule has 6 heteroatoms. The average molecular weight is 342 g/mol. The molecule has 22 heavy (non-hydrogen) atoms. The van der Waals surface area contributed by atoms with Gasteiger partial charge >= 0.3 is 0 Å². The Morgan fingerprint density at radius 2 is 2.18 bits per heavy atom. The summed E-state index contributed by atoms with van der Waals surface area (Å²) in [5, 5.41) is 6.05. The summed E-state index contributed by atoms with van der Waals surface area (Å²) in [5.74, 6) is 0.851. The lowest BCUT2D eigenvalue weighted by molar-refractivity contribution is -0.684. The van der Waals surface area contributed by atoms with Gasteiger partial charge in [-0.3, -0.25) is 4.79 Å². The molecular weight excluding hydrogens is 323 g/mol. The van der Waals surface area contributed by atoms with Gasteiger partial charge in [-0.25, -0.2) is 0 Å². The maximum atomic E-state index is 11.8. The fourth-order valence-corrected chi connectivity index (χ4v) is 2.59. The van der Waals surface area contributed by atoms with E-state index in [2.05, 4.69) is 5.32 Å². The van der Waals surface area contributed by atoms with Crippen LogP contribution in [0, 0.1) is 0 Å². The number of nitrogens with one attached hydrogen (secondary N) is 1. The quantitative estimate of drug-likeness (QED) is 0.813. The molecule has 0 aliphatic heterocycles. The molecule has 0 aliphatic rings. The van der Waals surface area contributed by atoms with Crippen molar-refractivity contribution >= 4 is 29.1 Å². The zero-order valence-corrected chi connectivity index (χ0v) is 13.8. The van der Waals surface area contributed by atoms with Crippen LogP contribution in [0.2, 0.25) is 10.0 Å². The topological polar surface area (TPSA) is 58.9 Å². The molecule has 1 heterocycles. The van der Waals surface area contributed by atoms with E-state index < -0.39 is 0 Å². The van der Waals surface area contributed by atoms with Crippen molar-refractivity contribution in [2.45, 2.75) is 19.4 Å². The number of rotatable bonds is 7. The van der Waals surface area contributed by atoms with Gasteiger partial charge in [-0.1, -0.05) is 29.3 Å². The van der Waals surface area contributed by atoms with Gasteiger partial charge in [0.25, 0.3) is 5.91 Å². The van der Waals surface area contributed by atoms with Crippen molar-refractivity contribution in [2.24, 2.45) is 0 Å². The molecule has 2 aromatic rings. The predicted molar refractivity (Wildman–Crippen MR) is 87.1 cm³/mol. The summed E-state index contributed by atoms with van der Waals surface area (Å²) in [5.41, 5.74) is 0.972. The van der Waals surface area contributed by atoms with E-state index in [0.29, 0.717) is 29.6 Å². The van der Waals surface area contributed by atoms with Gasteiger partial charge in [-0.15, -0.1) is 0 Å². The third-order valence-corrected chi connectivity index (χ3v) is 3.97. The van der Waals surface area contributed by atoms with Crippen molar-refractivity contribution in [3.63, 3.8) is 0 Å². The minimum absolute atomic E-state index is 0.0107. The lowest BCUT2D eigenvalue weighted by Gasteiger charge is -2.09. The molecule has 0 spiro atoms. The summed E-state index contributed by atoms with van der Waals surface area (Å²) in [6.45, 7) is 2.90. The maximum absolute atomic E-state index is 11.8. The highest BCUT2D eigenvalue weighted by molar-refractivity contribution is 6.35. The average Bonchev–Trinajstić information content (AvgIpc) is 3.01. The Bertz CT molecular complexity index is 615. The van der Waals surface area contributed by atoms with E-state index in [1.165, 1.54) is 0 Å².